The lowest BCUT2D eigenvalue weighted by molar-refractivity contribution is -0.138. The van der Waals surface area contributed by atoms with E-state index in [-0.39, 0.29) is 11.3 Å². The van der Waals surface area contributed by atoms with E-state index in [4.69, 9.17) is 10.00 Å². The highest BCUT2D eigenvalue weighted by Crippen LogP contribution is 2.19. The molecular weight excluding hydrogens is 242 g/mol. The van der Waals surface area contributed by atoms with Gasteiger partial charge in [0, 0.05) is 0 Å². The van der Waals surface area contributed by atoms with Crippen LogP contribution >= 0.6 is 0 Å². The first-order valence-corrected chi connectivity index (χ1v) is 6.17. The lowest BCUT2D eigenvalue weighted by atomic mass is 10.1. The number of nitrogens with zero attached hydrogens (tertiary/aromatic N) is 1. The van der Waals surface area contributed by atoms with E-state index in [9.17, 15) is 9.90 Å². The number of phenolic OH excluding ortho intramolecular Hbond substituents is 1. The SMILES string of the molecule is CCCCOC(=O)C(C#N)=Cc1ccc(O)c(C)c1. The van der Waals surface area contributed by atoms with Crippen molar-refractivity contribution in [2.24, 2.45) is 0 Å². The Labute approximate surface area is 112 Å². The molecule has 1 N–H and O–H groups in total. The van der Waals surface area contributed by atoms with E-state index >= 15 is 0 Å². The monoisotopic (exact) mass is 259 g/mol. The van der Waals surface area contributed by atoms with Crippen LogP contribution in [0, 0.1) is 18.3 Å². The van der Waals surface area contributed by atoms with Crippen molar-refractivity contribution in [3.63, 3.8) is 0 Å². The van der Waals surface area contributed by atoms with Crippen molar-refractivity contribution >= 4 is 12.0 Å². The highest BCUT2D eigenvalue weighted by molar-refractivity contribution is 5.97. The lowest BCUT2D eigenvalue weighted by Crippen LogP contribution is -2.07. The number of aromatic hydroxyl groups is 1. The smallest absolute Gasteiger partial charge is 0.348 e. The van der Waals surface area contributed by atoms with Crippen LogP contribution in [0.25, 0.3) is 6.08 Å². The number of benzene rings is 1. The summed E-state index contributed by atoms with van der Waals surface area (Å²) in [6, 6.07) is 6.70. The van der Waals surface area contributed by atoms with Gasteiger partial charge in [-0.3, -0.25) is 0 Å². The standard InChI is InChI=1S/C15H17NO3/c1-3-4-7-19-15(18)13(10-16)9-12-5-6-14(17)11(2)8-12/h5-6,8-9,17H,3-4,7H2,1-2H3. The fourth-order valence-electron chi connectivity index (χ4n) is 1.46. The lowest BCUT2D eigenvalue weighted by Gasteiger charge is -2.03. The molecule has 1 aromatic carbocycles. The van der Waals surface area contributed by atoms with E-state index in [1.807, 2.05) is 13.0 Å². The van der Waals surface area contributed by atoms with Crippen molar-refractivity contribution in [1.29, 1.82) is 5.26 Å². The number of carbonyl (C=O) groups is 1. The van der Waals surface area contributed by atoms with Crippen LogP contribution in [-0.4, -0.2) is 17.7 Å². The summed E-state index contributed by atoms with van der Waals surface area (Å²) in [6.45, 7) is 4.06. The van der Waals surface area contributed by atoms with Gasteiger partial charge in [-0.25, -0.2) is 4.79 Å². The van der Waals surface area contributed by atoms with Crippen LogP contribution in [0.1, 0.15) is 30.9 Å². The van der Waals surface area contributed by atoms with Crippen LogP contribution in [0.3, 0.4) is 0 Å². The van der Waals surface area contributed by atoms with E-state index in [1.165, 1.54) is 12.1 Å². The molecule has 1 rings (SSSR count). The molecule has 0 fully saturated rings. The average Bonchev–Trinajstić information content (AvgIpc) is 2.40. The number of hydrogen-bond acceptors (Lipinski definition) is 4. The molecule has 0 saturated carbocycles. The van der Waals surface area contributed by atoms with Crippen LogP contribution in [0.5, 0.6) is 5.75 Å². The molecular formula is C15H17NO3. The Morgan fingerprint density at radius 1 is 1.53 bits per heavy atom. The molecule has 0 saturated heterocycles. The summed E-state index contributed by atoms with van der Waals surface area (Å²) >= 11 is 0. The van der Waals surface area contributed by atoms with Gasteiger partial charge in [0.25, 0.3) is 0 Å². The molecule has 19 heavy (non-hydrogen) atoms. The maximum Gasteiger partial charge on any atom is 0.348 e. The summed E-state index contributed by atoms with van der Waals surface area (Å²) in [7, 11) is 0. The van der Waals surface area contributed by atoms with Gasteiger partial charge in [0.15, 0.2) is 0 Å². The van der Waals surface area contributed by atoms with E-state index in [0.29, 0.717) is 17.7 Å². The Morgan fingerprint density at radius 2 is 2.26 bits per heavy atom. The van der Waals surface area contributed by atoms with E-state index in [2.05, 4.69) is 0 Å². The quantitative estimate of drug-likeness (QED) is 0.382. The normalized spacial score (nSPS) is 10.9. The summed E-state index contributed by atoms with van der Waals surface area (Å²) in [4.78, 5) is 11.6. The van der Waals surface area contributed by atoms with Crippen LogP contribution in [0.2, 0.25) is 0 Å². The second kappa shape index (κ2) is 7.22. The molecule has 0 unspecified atom stereocenters. The van der Waals surface area contributed by atoms with Crippen LogP contribution in [-0.2, 0) is 9.53 Å². The van der Waals surface area contributed by atoms with Gasteiger partial charge in [-0.05, 0) is 42.7 Å². The highest BCUT2D eigenvalue weighted by Gasteiger charge is 2.10. The van der Waals surface area contributed by atoms with Gasteiger partial charge in [0.05, 0.1) is 6.61 Å². The molecule has 4 nitrogen and oxygen atoms in total. The molecule has 0 heterocycles. The molecule has 0 aliphatic carbocycles. The van der Waals surface area contributed by atoms with Crippen LogP contribution in [0.15, 0.2) is 23.8 Å². The summed E-state index contributed by atoms with van der Waals surface area (Å²) in [5.74, 6) is -0.428. The Morgan fingerprint density at radius 3 is 2.84 bits per heavy atom. The minimum absolute atomic E-state index is 0.0406. The Balaban J connectivity index is 2.84. The first kappa shape index (κ1) is 14.8. The number of esters is 1. The molecule has 0 amide bonds. The Bertz CT molecular complexity index is 527. The predicted molar refractivity (Wildman–Crippen MR) is 72.3 cm³/mol. The van der Waals surface area contributed by atoms with Crippen LogP contribution in [0.4, 0.5) is 0 Å². The molecule has 0 aliphatic heterocycles. The van der Waals surface area contributed by atoms with E-state index in [1.54, 1.807) is 19.1 Å². The Kier molecular flexibility index (Phi) is 5.62. The maximum absolute atomic E-state index is 11.6. The third-order valence-corrected chi connectivity index (χ3v) is 2.60. The molecule has 0 atom stereocenters. The van der Waals surface area contributed by atoms with Gasteiger partial charge in [0.2, 0.25) is 0 Å². The third-order valence-electron chi connectivity index (χ3n) is 2.60. The highest BCUT2D eigenvalue weighted by atomic mass is 16.5. The van der Waals surface area contributed by atoms with Crippen LogP contribution < -0.4 is 0 Å². The van der Waals surface area contributed by atoms with Gasteiger partial charge in [-0.15, -0.1) is 0 Å². The maximum atomic E-state index is 11.6. The number of hydrogen-bond donors (Lipinski definition) is 1. The second-order valence-electron chi connectivity index (χ2n) is 4.21. The van der Waals surface area contributed by atoms with Crippen molar-refractivity contribution in [3.05, 3.63) is 34.9 Å². The van der Waals surface area contributed by atoms with Crippen molar-refractivity contribution in [2.75, 3.05) is 6.61 Å². The fraction of sp³-hybridized carbons (Fsp3) is 0.333. The molecule has 1 aromatic rings. The minimum Gasteiger partial charge on any atom is -0.508 e. The number of rotatable bonds is 5. The topological polar surface area (TPSA) is 70.3 Å². The molecule has 4 heteroatoms. The van der Waals surface area contributed by atoms with E-state index in [0.717, 1.165) is 12.8 Å². The molecule has 0 aromatic heterocycles. The largest absolute Gasteiger partial charge is 0.508 e. The molecule has 0 aliphatic rings. The number of aryl methyl sites for hydroxylation is 1. The van der Waals surface area contributed by atoms with E-state index < -0.39 is 5.97 Å². The summed E-state index contributed by atoms with van der Waals surface area (Å²) < 4.78 is 4.98. The first-order chi connectivity index (χ1) is 9.08. The van der Waals surface area contributed by atoms with Gasteiger partial charge in [-0.2, -0.15) is 5.26 Å². The van der Waals surface area contributed by atoms with Gasteiger partial charge in [-0.1, -0.05) is 19.4 Å². The minimum atomic E-state index is -0.610. The summed E-state index contributed by atoms with van der Waals surface area (Å²) in [5, 5.41) is 18.4. The van der Waals surface area contributed by atoms with Crippen molar-refractivity contribution < 1.29 is 14.6 Å². The predicted octanol–water partition coefficient (Wildman–Crippen LogP) is 2.95. The number of phenols is 1. The van der Waals surface area contributed by atoms with Gasteiger partial charge >= 0.3 is 5.97 Å². The molecule has 0 bridgehead atoms. The van der Waals surface area contributed by atoms with Gasteiger partial charge in [0.1, 0.15) is 17.4 Å². The first-order valence-electron chi connectivity index (χ1n) is 6.17. The number of unbranched alkanes of at least 4 members (excludes halogenated alkanes) is 1. The van der Waals surface area contributed by atoms with Crippen molar-refractivity contribution in [1.82, 2.24) is 0 Å². The zero-order valence-electron chi connectivity index (χ0n) is 11.1. The average molecular weight is 259 g/mol. The van der Waals surface area contributed by atoms with Crippen molar-refractivity contribution in [3.8, 4) is 11.8 Å². The zero-order valence-corrected chi connectivity index (χ0v) is 11.1. The third kappa shape index (κ3) is 4.47. The number of ether oxygens (including phenoxy) is 1. The molecule has 100 valence electrons. The Hall–Kier alpha value is -2.28. The summed E-state index contributed by atoms with van der Waals surface area (Å²) in [5.41, 5.74) is 1.32. The number of nitriles is 1. The zero-order chi connectivity index (χ0) is 14.3. The van der Waals surface area contributed by atoms with Crippen molar-refractivity contribution in [2.45, 2.75) is 26.7 Å². The molecule has 0 radical (unpaired) electrons. The molecule has 0 spiro atoms. The number of carbonyl (C=O) groups excluding carboxylic acids is 1. The summed E-state index contributed by atoms with van der Waals surface area (Å²) in [6.07, 6.45) is 3.17. The second-order valence-corrected chi connectivity index (χ2v) is 4.21. The van der Waals surface area contributed by atoms with Gasteiger partial charge < -0.3 is 9.84 Å². The fourth-order valence-corrected chi connectivity index (χ4v) is 1.46.